The monoisotopic (exact) mass is 413 g/mol. The highest BCUT2D eigenvalue weighted by Gasteiger charge is 2.15. The van der Waals surface area contributed by atoms with E-state index in [2.05, 4.69) is 18.5 Å². The van der Waals surface area contributed by atoms with Gasteiger partial charge in [0.25, 0.3) is 0 Å². The van der Waals surface area contributed by atoms with Crippen molar-refractivity contribution in [2.45, 2.75) is 38.7 Å². The van der Waals surface area contributed by atoms with Gasteiger partial charge in [-0.1, -0.05) is 43.7 Å². The number of allylic oxidation sites excluding steroid dienone is 1. The number of aliphatic hydroxyl groups is 2. The number of phenols is 1. The first-order valence-corrected chi connectivity index (χ1v) is 10.1. The molecule has 0 radical (unpaired) electrons. The summed E-state index contributed by atoms with van der Waals surface area (Å²) in [4.78, 5) is 4.43. The van der Waals surface area contributed by atoms with Gasteiger partial charge in [0.2, 0.25) is 0 Å². The zero-order valence-corrected chi connectivity index (χ0v) is 17.4. The first-order chi connectivity index (χ1) is 14.0. The van der Waals surface area contributed by atoms with Gasteiger partial charge < -0.3 is 15.3 Å². The van der Waals surface area contributed by atoms with Gasteiger partial charge in [-0.15, -0.1) is 0 Å². The second kappa shape index (κ2) is 11.6. The predicted octanol–water partition coefficient (Wildman–Crippen LogP) is 5.40. The Morgan fingerprint density at radius 3 is 2.66 bits per heavy atom. The van der Waals surface area contributed by atoms with E-state index < -0.39 is 6.10 Å². The maximum Gasteiger partial charge on any atom is 0.117 e. The van der Waals surface area contributed by atoms with Crippen molar-refractivity contribution < 1.29 is 15.3 Å². The molecule has 0 aliphatic rings. The molecule has 0 amide bonds. The summed E-state index contributed by atoms with van der Waals surface area (Å²) < 4.78 is 0. The largest absolute Gasteiger partial charge is 0.508 e. The molecule has 0 saturated heterocycles. The lowest BCUT2D eigenvalue weighted by Gasteiger charge is -2.18. The molecule has 0 aliphatic heterocycles. The second-order valence-electron chi connectivity index (χ2n) is 6.84. The molecule has 1 atom stereocenters. The highest BCUT2D eigenvalue weighted by Crippen LogP contribution is 2.29. The zero-order valence-electron chi connectivity index (χ0n) is 16.7. The van der Waals surface area contributed by atoms with Crippen molar-refractivity contribution in [3.8, 4) is 5.75 Å². The molecule has 2 rings (SSSR count). The molecule has 0 bridgehead atoms. The number of halogens is 1. The van der Waals surface area contributed by atoms with Crippen LogP contribution in [0, 0.1) is 0 Å². The number of pyridine rings is 1. The van der Waals surface area contributed by atoms with Crippen LogP contribution >= 0.6 is 11.6 Å². The highest BCUT2D eigenvalue weighted by atomic mass is 35.5. The van der Waals surface area contributed by atoms with Gasteiger partial charge in [-0.25, -0.2) is 0 Å². The summed E-state index contributed by atoms with van der Waals surface area (Å²) in [5, 5.41) is 30.1. The fourth-order valence-corrected chi connectivity index (χ4v) is 3.39. The Hall–Kier alpha value is -2.40. The Morgan fingerprint density at radius 2 is 2.03 bits per heavy atom. The quantitative estimate of drug-likeness (QED) is 0.456. The number of rotatable bonds is 10. The fraction of sp³-hybridized carbons (Fsp3) is 0.292. The Balaban J connectivity index is 2.28. The van der Waals surface area contributed by atoms with Crippen molar-refractivity contribution in [3.63, 3.8) is 0 Å². The van der Waals surface area contributed by atoms with Crippen molar-refractivity contribution in [1.29, 1.82) is 0 Å². The third-order valence-electron chi connectivity index (χ3n) is 4.62. The summed E-state index contributed by atoms with van der Waals surface area (Å²) in [6.45, 7) is 5.97. The van der Waals surface area contributed by atoms with Crippen molar-refractivity contribution in [2.75, 3.05) is 6.61 Å². The van der Waals surface area contributed by atoms with Gasteiger partial charge in [0.05, 0.1) is 23.4 Å². The summed E-state index contributed by atoms with van der Waals surface area (Å²) in [7, 11) is 0. The van der Waals surface area contributed by atoms with Crippen LogP contribution in [0.1, 0.15) is 43.9 Å². The molecule has 0 aliphatic carbocycles. The summed E-state index contributed by atoms with van der Waals surface area (Å²) >= 11 is 6.27. The van der Waals surface area contributed by atoms with Crippen LogP contribution in [0.25, 0.3) is 11.6 Å². The molecule has 3 N–H and O–H groups in total. The number of phenolic OH excluding ortho intramolecular Hbond substituents is 1. The molecule has 1 unspecified atom stereocenters. The number of hydrogen-bond acceptors (Lipinski definition) is 4. The smallest absolute Gasteiger partial charge is 0.117 e. The lowest BCUT2D eigenvalue weighted by molar-refractivity contribution is 0.202. The molecular weight excluding hydrogens is 386 g/mol. The molecule has 1 aromatic heterocycles. The first-order valence-electron chi connectivity index (χ1n) is 9.73. The average Bonchev–Trinajstić information content (AvgIpc) is 2.71. The average molecular weight is 414 g/mol. The van der Waals surface area contributed by atoms with Crippen molar-refractivity contribution >= 4 is 23.3 Å². The molecular formula is C24H28ClNO3. The Labute approximate surface area is 177 Å². The molecule has 0 saturated carbocycles. The van der Waals surface area contributed by atoms with Gasteiger partial charge in [-0.3, -0.25) is 4.98 Å². The highest BCUT2D eigenvalue weighted by molar-refractivity contribution is 6.32. The van der Waals surface area contributed by atoms with Crippen LogP contribution in [-0.4, -0.2) is 33.0 Å². The third kappa shape index (κ3) is 6.86. The maximum atomic E-state index is 10.7. The van der Waals surface area contributed by atoms with E-state index in [9.17, 15) is 15.3 Å². The van der Waals surface area contributed by atoms with Crippen molar-refractivity contribution in [2.24, 2.45) is 0 Å². The van der Waals surface area contributed by atoms with Gasteiger partial charge in [0, 0.05) is 6.20 Å². The van der Waals surface area contributed by atoms with Gasteiger partial charge in [0.1, 0.15) is 5.75 Å². The molecule has 5 heteroatoms. The number of aromatic nitrogens is 1. The zero-order chi connectivity index (χ0) is 21.2. The number of aromatic hydroxyl groups is 1. The minimum absolute atomic E-state index is 0.107. The normalized spacial score (nSPS) is 13.4. The SMILES string of the molecule is C=C(CCC)/C(=C/CO)C(O)CC/C(=C/c1ccc(O)cc1Cl)c1ccccn1. The molecule has 0 fully saturated rings. The van der Waals surface area contributed by atoms with Gasteiger partial charge in [-0.2, -0.15) is 0 Å². The first kappa shape index (κ1) is 22.9. The number of benzene rings is 1. The van der Waals surface area contributed by atoms with Crippen LogP contribution in [0.15, 0.2) is 66.4 Å². The Morgan fingerprint density at radius 1 is 1.24 bits per heavy atom. The molecule has 4 nitrogen and oxygen atoms in total. The van der Waals surface area contributed by atoms with Crippen LogP contribution in [0.3, 0.4) is 0 Å². The third-order valence-corrected chi connectivity index (χ3v) is 4.95. The molecule has 154 valence electrons. The van der Waals surface area contributed by atoms with Gasteiger partial charge in [-0.05, 0) is 78.0 Å². The van der Waals surface area contributed by atoms with Crippen LogP contribution in [0.5, 0.6) is 5.75 Å². The number of aliphatic hydroxyl groups excluding tert-OH is 2. The Kier molecular flexibility index (Phi) is 9.13. The van der Waals surface area contributed by atoms with Crippen molar-refractivity contribution in [3.05, 3.63) is 82.7 Å². The summed E-state index contributed by atoms with van der Waals surface area (Å²) in [5.74, 6) is 0.107. The molecule has 1 heterocycles. The van der Waals surface area contributed by atoms with Crippen LogP contribution in [0.2, 0.25) is 5.02 Å². The Bertz CT molecular complexity index is 875. The van der Waals surface area contributed by atoms with Crippen LogP contribution in [0.4, 0.5) is 0 Å². The predicted molar refractivity (Wildman–Crippen MR) is 120 cm³/mol. The van der Waals surface area contributed by atoms with E-state index in [1.807, 2.05) is 24.3 Å². The second-order valence-corrected chi connectivity index (χ2v) is 7.25. The van der Waals surface area contributed by atoms with E-state index in [-0.39, 0.29) is 12.4 Å². The maximum absolute atomic E-state index is 10.7. The molecule has 29 heavy (non-hydrogen) atoms. The van der Waals surface area contributed by atoms with Gasteiger partial charge in [0.15, 0.2) is 0 Å². The fourth-order valence-electron chi connectivity index (χ4n) is 3.16. The summed E-state index contributed by atoms with van der Waals surface area (Å²) in [5.41, 5.74) is 4.02. The van der Waals surface area contributed by atoms with E-state index in [0.29, 0.717) is 23.4 Å². The van der Waals surface area contributed by atoms with E-state index >= 15 is 0 Å². The van der Waals surface area contributed by atoms with E-state index in [0.717, 1.165) is 35.2 Å². The molecule has 2 aromatic rings. The van der Waals surface area contributed by atoms with Crippen LogP contribution < -0.4 is 0 Å². The minimum Gasteiger partial charge on any atom is -0.508 e. The topological polar surface area (TPSA) is 73.6 Å². The van der Waals surface area contributed by atoms with Crippen molar-refractivity contribution in [1.82, 2.24) is 4.98 Å². The molecule has 0 spiro atoms. The number of hydrogen-bond donors (Lipinski definition) is 3. The lowest BCUT2D eigenvalue weighted by Crippen LogP contribution is -2.13. The van der Waals surface area contributed by atoms with E-state index in [1.165, 1.54) is 6.07 Å². The molecule has 1 aromatic carbocycles. The lowest BCUT2D eigenvalue weighted by atomic mass is 9.92. The summed E-state index contributed by atoms with van der Waals surface area (Å²) in [6.07, 6.45) is 7.24. The van der Waals surface area contributed by atoms with Gasteiger partial charge >= 0.3 is 0 Å². The summed E-state index contributed by atoms with van der Waals surface area (Å²) in [6, 6.07) is 10.5. The standard InChI is InChI=1S/C24H28ClNO3/c1-3-6-17(2)21(12-14-27)24(29)11-9-19(23-7-4-5-13-26-23)15-18-8-10-20(28)16-22(18)25/h4-5,7-8,10,12-13,15-16,24,27-29H,2-3,6,9,11,14H2,1H3/b19-15-,21-12-. The van der Waals surface area contributed by atoms with Crippen LogP contribution in [-0.2, 0) is 0 Å². The van der Waals surface area contributed by atoms with E-state index in [1.54, 1.807) is 24.4 Å². The number of nitrogens with zero attached hydrogens (tertiary/aromatic N) is 1. The van der Waals surface area contributed by atoms with E-state index in [4.69, 9.17) is 11.6 Å². The minimum atomic E-state index is -0.733.